The van der Waals surface area contributed by atoms with E-state index in [0.717, 1.165) is 0 Å². The van der Waals surface area contributed by atoms with E-state index in [-0.39, 0.29) is 11.1 Å². The first-order valence-electron chi connectivity index (χ1n) is 4.20. The Labute approximate surface area is 84.9 Å². The summed E-state index contributed by atoms with van der Waals surface area (Å²) < 4.78 is 5.79. The number of hydrogen-bond donors (Lipinski definition) is 0. The van der Waals surface area contributed by atoms with Gasteiger partial charge in [0.15, 0.2) is 6.29 Å². The van der Waals surface area contributed by atoms with Gasteiger partial charge in [0.05, 0.1) is 23.9 Å². The summed E-state index contributed by atoms with van der Waals surface area (Å²) >= 11 is 0. The molecule has 1 aromatic heterocycles. The zero-order valence-corrected chi connectivity index (χ0v) is 7.89. The third kappa shape index (κ3) is 1.20. The van der Waals surface area contributed by atoms with Crippen molar-refractivity contribution in [3.63, 3.8) is 0 Å². The highest BCUT2D eigenvalue weighted by Crippen LogP contribution is 2.22. The highest BCUT2D eigenvalue weighted by molar-refractivity contribution is 6.20. The number of esters is 1. The molecular weight excluding hydrogens is 198 g/mol. The Hall–Kier alpha value is -2.17. The van der Waals surface area contributed by atoms with Crippen LogP contribution < -0.4 is 0 Å². The lowest BCUT2D eigenvalue weighted by Crippen LogP contribution is -2.08. The molecule has 15 heavy (non-hydrogen) atoms. The number of allylic oxidation sites excluding steroid dienone is 1. The van der Waals surface area contributed by atoms with Crippen molar-refractivity contribution in [3.05, 3.63) is 29.1 Å². The van der Waals surface area contributed by atoms with Gasteiger partial charge in [0, 0.05) is 6.20 Å². The van der Waals surface area contributed by atoms with Gasteiger partial charge in [-0.25, -0.2) is 4.79 Å². The summed E-state index contributed by atoms with van der Waals surface area (Å²) in [6.07, 6.45) is 3.29. The van der Waals surface area contributed by atoms with E-state index in [1.165, 1.54) is 30.0 Å². The monoisotopic (exact) mass is 205 g/mol. The number of aldehydes is 1. The van der Waals surface area contributed by atoms with Gasteiger partial charge in [-0.2, -0.15) is 0 Å². The van der Waals surface area contributed by atoms with Crippen molar-refractivity contribution in [1.29, 1.82) is 0 Å². The molecule has 0 aliphatic carbocycles. The normalized spacial score (nSPS) is 13.4. The molecule has 0 saturated heterocycles. The molecule has 0 saturated carbocycles. The molecule has 0 N–H and O–H groups in total. The molecule has 1 aromatic rings. The van der Waals surface area contributed by atoms with Crippen LogP contribution in [-0.4, -0.2) is 29.8 Å². The second-order valence-corrected chi connectivity index (χ2v) is 3.00. The highest BCUT2D eigenvalue weighted by atomic mass is 16.5. The molecule has 2 rings (SSSR count). The van der Waals surface area contributed by atoms with Gasteiger partial charge in [0.25, 0.3) is 5.91 Å². The minimum absolute atomic E-state index is 0.0377. The van der Waals surface area contributed by atoms with E-state index >= 15 is 0 Å². The zero-order valence-electron chi connectivity index (χ0n) is 7.89. The van der Waals surface area contributed by atoms with Crippen molar-refractivity contribution in [3.8, 4) is 0 Å². The molecule has 5 heteroatoms. The Morgan fingerprint density at radius 1 is 1.53 bits per heavy atom. The van der Waals surface area contributed by atoms with E-state index in [4.69, 9.17) is 0 Å². The lowest BCUT2D eigenvalue weighted by atomic mass is 10.2. The van der Waals surface area contributed by atoms with Gasteiger partial charge in [-0.1, -0.05) is 0 Å². The summed E-state index contributed by atoms with van der Waals surface area (Å²) in [4.78, 5) is 33.3. The first-order chi connectivity index (χ1) is 7.19. The molecule has 0 fully saturated rings. The second-order valence-electron chi connectivity index (χ2n) is 3.00. The van der Waals surface area contributed by atoms with E-state index in [0.29, 0.717) is 12.0 Å². The largest absolute Gasteiger partial charge is 0.465 e. The number of carbonyl (C=O) groups excluding carboxylic acids is 3. The smallest absolute Gasteiger partial charge is 0.340 e. The molecule has 0 unspecified atom stereocenters. The number of aromatic nitrogens is 1. The van der Waals surface area contributed by atoms with E-state index in [1.807, 2.05) is 0 Å². The van der Waals surface area contributed by atoms with Gasteiger partial charge >= 0.3 is 5.97 Å². The summed E-state index contributed by atoms with van der Waals surface area (Å²) in [5.74, 6) is -0.949. The van der Waals surface area contributed by atoms with Crippen molar-refractivity contribution in [1.82, 2.24) is 4.57 Å². The van der Waals surface area contributed by atoms with E-state index in [2.05, 4.69) is 4.74 Å². The molecule has 0 atom stereocenters. The molecule has 1 aliphatic rings. The van der Waals surface area contributed by atoms with Crippen LogP contribution in [0, 0.1) is 0 Å². The predicted molar refractivity (Wildman–Crippen MR) is 50.4 cm³/mol. The Morgan fingerprint density at radius 3 is 2.87 bits per heavy atom. The van der Waals surface area contributed by atoms with Gasteiger partial charge < -0.3 is 4.74 Å². The predicted octanol–water partition coefficient (Wildman–Crippen LogP) is 0.511. The number of nitrogens with zero attached hydrogens (tertiary/aromatic N) is 1. The number of methoxy groups -OCH3 is 1. The summed E-state index contributed by atoms with van der Waals surface area (Å²) in [7, 11) is 1.26. The first-order valence-corrected chi connectivity index (χ1v) is 4.20. The Bertz CT molecular complexity index is 496. The number of fused-ring (bicyclic) bond motifs is 1. The standard InChI is InChI=1S/C10H7NO4/c1-15-10(14)7-2-3-11-8(7)4-6(5-12)9(11)13/h2-5H,1H3. The van der Waals surface area contributed by atoms with Crippen molar-refractivity contribution >= 4 is 24.2 Å². The highest BCUT2D eigenvalue weighted by Gasteiger charge is 2.26. The molecule has 2 heterocycles. The quantitative estimate of drug-likeness (QED) is 0.401. The van der Waals surface area contributed by atoms with Gasteiger partial charge in [0.2, 0.25) is 0 Å². The van der Waals surface area contributed by atoms with Crippen LogP contribution in [0.25, 0.3) is 6.08 Å². The maximum absolute atomic E-state index is 11.5. The zero-order chi connectivity index (χ0) is 11.0. The average Bonchev–Trinajstić information content (AvgIpc) is 2.78. The minimum Gasteiger partial charge on any atom is -0.465 e. The van der Waals surface area contributed by atoms with Crippen LogP contribution in [0.5, 0.6) is 0 Å². The van der Waals surface area contributed by atoms with Crippen LogP contribution in [0.4, 0.5) is 0 Å². The van der Waals surface area contributed by atoms with Crippen LogP contribution in [0.1, 0.15) is 20.8 Å². The number of hydrogen-bond acceptors (Lipinski definition) is 4. The first kappa shape index (κ1) is 9.39. The summed E-state index contributed by atoms with van der Waals surface area (Å²) in [6.45, 7) is 0. The van der Waals surface area contributed by atoms with Crippen LogP contribution in [0.2, 0.25) is 0 Å². The second kappa shape index (κ2) is 3.20. The lowest BCUT2D eigenvalue weighted by molar-refractivity contribution is -0.104. The summed E-state index contributed by atoms with van der Waals surface area (Å²) in [6, 6.07) is 1.48. The van der Waals surface area contributed by atoms with Crippen molar-refractivity contribution in [2.75, 3.05) is 7.11 Å². The molecule has 5 nitrogen and oxygen atoms in total. The summed E-state index contributed by atoms with van der Waals surface area (Å²) in [5.41, 5.74) is 0.715. The topological polar surface area (TPSA) is 65.4 Å². The molecule has 0 bridgehead atoms. The Balaban J connectivity index is 2.55. The molecule has 0 amide bonds. The Kier molecular flexibility index (Phi) is 2.00. The molecule has 0 spiro atoms. The van der Waals surface area contributed by atoms with Crippen molar-refractivity contribution in [2.24, 2.45) is 0 Å². The van der Waals surface area contributed by atoms with E-state index < -0.39 is 11.9 Å². The third-order valence-electron chi connectivity index (χ3n) is 2.22. The maximum Gasteiger partial charge on any atom is 0.340 e. The molecule has 1 aliphatic heterocycles. The molecular formula is C10H7NO4. The van der Waals surface area contributed by atoms with Crippen LogP contribution in [0.3, 0.4) is 0 Å². The van der Waals surface area contributed by atoms with Crippen LogP contribution in [-0.2, 0) is 9.53 Å². The van der Waals surface area contributed by atoms with Gasteiger partial charge in [-0.15, -0.1) is 0 Å². The maximum atomic E-state index is 11.5. The van der Waals surface area contributed by atoms with E-state index in [9.17, 15) is 14.4 Å². The minimum atomic E-state index is -0.528. The van der Waals surface area contributed by atoms with Crippen LogP contribution in [0.15, 0.2) is 17.8 Å². The number of ether oxygens (including phenoxy) is 1. The Morgan fingerprint density at radius 2 is 2.27 bits per heavy atom. The average molecular weight is 205 g/mol. The van der Waals surface area contributed by atoms with Crippen LogP contribution >= 0.6 is 0 Å². The lowest BCUT2D eigenvalue weighted by Gasteiger charge is -1.97. The van der Waals surface area contributed by atoms with Gasteiger partial charge in [-0.05, 0) is 12.1 Å². The van der Waals surface area contributed by atoms with E-state index in [1.54, 1.807) is 0 Å². The van der Waals surface area contributed by atoms with Gasteiger partial charge in [0.1, 0.15) is 0 Å². The number of carbonyl (C=O) groups is 3. The van der Waals surface area contributed by atoms with Crippen molar-refractivity contribution < 1.29 is 19.1 Å². The molecule has 76 valence electrons. The fraction of sp³-hybridized carbons (Fsp3) is 0.100. The fourth-order valence-corrected chi connectivity index (χ4v) is 1.48. The molecule has 0 radical (unpaired) electrons. The van der Waals surface area contributed by atoms with Crippen molar-refractivity contribution in [2.45, 2.75) is 0 Å². The number of rotatable bonds is 2. The molecule has 0 aromatic carbocycles. The summed E-state index contributed by atoms with van der Waals surface area (Å²) in [5, 5.41) is 0. The fourth-order valence-electron chi connectivity index (χ4n) is 1.48. The van der Waals surface area contributed by atoms with Gasteiger partial charge in [-0.3, -0.25) is 14.2 Å². The third-order valence-corrected chi connectivity index (χ3v) is 2.22. The SMILES string of the molecule is COC(=O)c1ccn2c1C=C(C=O)C2=O.